The molecule has 2 N–H and O–H groups in total. The summed E-state index contributed by atoms with van der Waals surface area (Å²) < 4.78 is 0. The summed E-state index contributed by atoms with van der Waals surface area (Å²) in [5.41, 5.74) is 4.71. The molecule has 0 fully saturated rings. The lowest BCUT2D eigenvalue weighted by atomic mass is 10.0. The smallest absolute Gasteiger partial charge is 0.267 e. The van der Waals surface area contributed by atoms with E-state index in [1.165, 1.54) is 0 Å². The van der Waals surface area contributed by atoms with Crippen LogP contribution in [0.4, 0.5) is 0 Å². The summed E-state index contributed by atoms with van der Waals surface area (Å²) in [4.78, 5) is 24.6. The number of aromatic amines is 1. The van der Waals surface area contributed by atoms with Crippen molar-refractivity contribution in [2.45, 2.75) is 0 Å². The number of nitrogens with zero attached hydrogens (tertiary/aromatic N) is 2. The van der Waals surface area contributed by atoms with Gasteiger partial charge in [0.15, 0.2) is 5.69 Å². The minimum Gasteiger partial charge on any atom is -0.267 e. The van der Waals surface area contributed by atoms with Gasteiger partial charge < -0.3 is 0 Å². The monoisotopic (exact) mass is 368 g/mol. The van der Waals surface area contributed by atoms with Gasteiger partial charge >= 0.3 is 0 Å². The van der Waals surface area contributed by atoms with Crippen molar-refractivity contribution in [3.63, 3.8) is 0 Å². The first-order valence-corrected chi connectivity index (χ1v) is 8.70. The Balaban J connectivity index is 1.73. The highest BCUT2D eigenvalue weighted by molar-refractivity contribution is 6.13. The Labute approximate surface area is 160 Å². The van der Waals surface area contributed by atoms with Gasteiger partial charge in [-0.25, -0.2) is 10.5 Å². The van der Waals surface area contributed by atoms with Crippen molar-refractivity contribution in [1.29, 1.82) is 0 Å². The van der Waals surface area contributed by atoms with Crippen molar-refractivity contribution < 1.29 is 4.79 Å². The molecule has 6 nitrogen and oxygen atoms in total. The van der Waals surface area contributed by atoms with Crippen LogP contribution in [0.3, 0.4) is 0 Å². The van der Waals surface area contributed by atoms with Crippen molar-refractivity contribution in [2.75, 3.05) is 0 Å². The van der Waals surface area contributed by atoms with Gasteiger partial charge in [-0.2, -0.15) is 10.2 Å². The predicted molar refractivity (Wildman–Crippen MR) is 108 cm³/mol. The average molecular weight is 368 g/mol. The Morgan fingerprint density at radius 3 is 1.93 bits per heavy atom. The van der Waals surface area contributed by atoms with Gasteiger partial charge in [0.1, 0.15) is 0 Å². The van der Waals surface area contributed by atoms with E-state index in [0.29, 0.717) is 16.5 Å². The SMILES string of the molecule is O=C(NN=C(c1ccccc1)c1ccccc1)c1n[nH]c(=O)c2ccccc12. The molecule has 0 spiro atoms. The molecule has 0 saturated heterocycles. The van der Waals surface area contributed by atoms with E-state index in [1.54, 1.807) is 24.3 Å². The molecular weight excluding hydrogens is 352 g/mol. The van der Waals surface area contributed by atoms with Crippen molar-refractivity contribution >= 4 is 22.4 Å². The average Bonchev–Trinajstić information content (AvgIpc) is 2.76. The van der Waals surface area contributed by atoms with E-state index < -0.39 is 5.91 Å². The first-order valence-electron chi connectivity index (χ1n) is 8.70. The van der Waals surface area contributed by atoms with Crippen LogP contribution < -0.4 is 11.0 Å². The number of nitrogens with one attached hydrogen (secondary N) is 2. The first-order chi connectivity index (χ1) is 13.7. The summed E-state index contributed by atoms with van der Waals surface area (Å²) in [6, 6.07) is 26.0. The van der Waals surface area contributed by atoms with E-state index in [9.17, 15) is 9.59 Å². The number of carbonyl (C=O) groups is 1. The molecule has 0 unspecified atom stereocenters. The zero-order chi connectivity index (χ0) is 19.3. The summed E-state index contributed by atoms with van der Waals surface area (Å²) >= 11 is 0. The lowest BCUT2D eigenvalue weighted by Crippen LogP contribution is -2.24. The summed E-state index contributed by atoms with van der Waals surface area (Å²) in [5.74, 6) is -0.503. The lowest BCUT2D eigenvalue weighted by molar-refractivity contribution is 0.0950. The highest BCUT2D eigenvalue weighted by Crippen LogP contribution is 2.13. The minimum atomic E-state index is -0.503. The van der Waals surface area contributed by atoms with E-state index in [4.69, 9.17) is 0 Å². The molecule has 0 bridgehead atoms. The Kier molecular flexibility index (Phi) is 4.76. The Morgan fingerprint density at radius 2 is 1.32 bits per heavy atom. The molecule has 3 aromatic carbocycles. The zero-order valence-corrected chi connectivity index (χ0v) is 14.8. The number of hydrogen-bond donors (Lipinski definition) is 2. The van der Waals surface area contributed by atoms with Crippen LogP contribution in [0.2, 0.25) is 0 Å². The molecule has 28 heavy (non-hydrogen) atoms. The second-order valence-electron chi connectivity index (χ2n) is 6.08. The third kappa shape index (κ3) is 3.43. The normalized spacial score (nSPS) is 10.4. The largest absolute Gasteiger partial charge is 0.292 e. The quantitative estimate of drug-likeness (QED) is 0.429. The molecule has 0 saturated carbocycles. The topological polar surface area (TPSA) is 87.2 Å². The van der Waals surface area contributed by atoms with Crippen LogP contribution in [0.15, 0.2) is 94.8 Å². The maximum atomic E-state index is 12.7. The molecule has 0 aliphatic heterocycles. The van der Waals surface area contributed by atoms with Crippen LogP contribution in [-0.4, -0.2) is 21.8 Å². The molecule has 1 amide bonds. The van der Waals surface area contributed by atoms with E-state index in [1.807, 2.05) is 60.7 Å². The van der Waals surface area contributed by atoms with Crippen LogP contribution in [0.5, 0.6) is 0 Å². The van der Waals surface area contributed by atoms with Crippen LogP contribution in [-0.2, 0) is 0 Å². The third-order valence-electron chi connectivity index (χ3n) is 4.27. The van der Waals surface area contributed by atoms with Crippen molar-refractivity contribution in [1.82, 2.24) is 15.6 Å². The molecular formula is C22H16N4O2. The number of H-pyrrole nitrogens is 1. The van der Waals surface area contributed by atoms with Crippen molar-refractivity contribution in [3.8, 4) is 0 Å². The number of carbonyl (C=O) groups excluding carboxylic acids is 1. The fourth-order valence-electron chi connectivity index (χ4n) is 2.94. The maximum absolute atomic E-state index is 12.7. The highest BCUT2D eigenvalue weighted by atomic mass is 16.2. The van der Waals surface area contributed by atoms with Crippen LogP contribution in [0.1, 0.15) is 21.6 Å². The number of hydrazone groups is 1. The molecule has 136 valence electrons. The second-order valence-corrected chi connectivity index (χ2v) is 6.08. The molecule has 6 heteroatoms. The van der Waals surface area contributed by atoms with E-state index in [0.717, 1.165) is 11.1 Å². The number of rotatable bonds is 4. The van der Waals surface area contributed by atoms with Gasteiger partial charge in [0, 0.05) is 16.5 Å². The zero-order valence-electron chi connectivity index (χ0n) is 14.8. The molecule has 0 aliphatic carbocycles. The lowest BCUT2D eigenvalue weighted by Gasteiger charge is -2.08. The minimum absolute atomic E-state index is 0.111. The molecule has 0 radical (unpaired) electrons. The number of hydrogen-bond acceptors (Lipinski definition) is 4. The van der Waals surface area contributed by atoms with Gasteiger partial charge in [-0.1, -0.05) is 78.9 Å². The predicted octanol–water partition coefficient (Wildman–Crippen LogP) is 3.11. The number of fused-ring (bicyclic) bond motifs is 1. The molecule has 0 atom stereocenters. The maximum Gasteiger partial charge on any atom is 0.292 e. The summed E-state index contributed by atoms with van der Waals surface area (Å²) in [7, 11) is 0. The molecule has 1 aromatic heterocycles. The van der Waals surface area contributed by atoms with Crippen molar-refractivity contribution in [3.05, 3.63) is 112 Å². The number of benzene rings is 3. The summed E-state index contributed by atoms with van der Waals surface area (Å²) in [6.07, 6.45) is 0. The molecule has 4 rings (SSSR count). The standard InChI is InChI=1S/C22H16N4O2/c27-21-18-14-8-7-13-17(18)20(24-25-21)22(28)26-23-19(15-9-3-1-4-10-15)16-11-5-2-6-12-16/h1-14H,(H,25,27)(H,26,28). The number of aromatic nitrogens is 2. The number of amides is 1. The third-order valence-corrected chi connectivity index (χ3v) is 4.27. The van der Waals surface area contributed by atoms with E-state index in [2.05, 4.69) is 20.7 Å². The van der Waals surface area contributed by atoms with Crippen LogP contribution in [0, 0.1) is 0 Å². The Morgan fingerprint density at radius 1 is 0.786 bits per heavy atom. The summed E-state index contributed by atoms with van der Waals surface area (Å²) in [6.45, 7) is 0. The van der Waals surface area contributed by atoms with Gasteiger partial charge in [0.2, 0.25) is 0 Å². The van der Waals surface area contributed by atoms with Gasteiger partial charge in [0.25, 0.3) is 11.5 Å². The molecule has 0 aliphatic rings. The molecule has 1 heterocycles. The fourth-order valence-corrected chi connectivity index (χ4v) is 2.94. The van der Waals surface area contributed by atoms with Gasteiger partial charge in [-0.3, -0.25) is 9.59 Å². The van der Waals surface area contributed by atoms with Crippen molar-refractivity contribution in [2.24, 2.45) is 5.10 Å². The fraction of sp³-hybridized carbons (Fsp3) is 0. The van der Waals surface area contributed by atoms with Crippen LogP contribution >= 0.6 is 0 Å². The van der Waals surface area contributed by atoms with Gasteiger partial charge in [-0.05, 0) is 6.07 Å². The van der Waals surface area contributed by atoms with Gasteiger partial charge in [0.05, 0.1) is 11.1 Å². The Bertz CT molecular complexity index is 1170. The molecule has 4 aromatic rings. The van der Waals surface area contributed by atoms with E-state index in [-0.39, 0.29) is 11.3 Å². The highest BCUT2D eigenvalue weighted by Gasteiger charge is 2.14. The van der Waals surface area contributed by atoms with Gasteiger partial charge in [-0.15, -0.1) is 0 Å². The van der Waals surface area contributed by atoms with E-state index >= 15 is 0 Å². The van der Waals surface area contributed by atoms with Crippen LogP contribution in [0.25, 0.3) is 10.8 Å². The second kappa shape index (κ2) is 7.67. The summed E-state index contributed by atoms with van der Waals surface area (Å²) in [5, 5.41) is 11.5. The first kappa shape index (κ1) is 17.4. The Hall–Kier alpha value is -4.06.